The van der Waals surface area contributed by atoms with Crippen LogP contribution in [0.1, 0.15) is 0 Å². The van der Waals surface area contributed by atoms with Crippen LogP contribution in [0.2, 0.25) is 0 Å². The van der Waals surface area contributed by atoms with Gasteiger partial charge in [-0.15, -0.1) is 0 Å². The van der Waals surface area contributed by atoms with E-state index >= 15 is 0 Å². The largest absolute Gasteiger partial charge is 0.481 e. The number of aromatic nitrogens is 2. The molecule has 1 saturated heterocycles. The zero-order valence-corrected chi connectivity index (χ0v) is 10.3. The molecule has 2 unspecified atom stereocenters. The van der Waals surface area contributed by atoms with E-state index in [-0.39, 0.29) is 18.6 Å². The van der Waals surface area contributed by atoms with Crippen LogP contribution in [-0.4, -0.2) is 53.6 Å². The van der Waals surface area contributed by atoms with Crippen molar-refractivity contribution < 1.29 is 14.9 Å². The van der Waals surface area contributed by atoms with Gasteiger partial charge < -0.3 is 19.8 Å². The van der Waals surface area contributed by atoms with E-state index in [0.717, 1.165) is 13.1 Å². The number of methoxy groups -OCH3 is 1. The topological polar surface area (TPSA) is 78.7 Å². The van der Waals surface area contributed by atoms with Crippen LogP contribution in [0.15, 0.2) is 12.3 Å². The molecular formula is C12H17N3O3. The number of hydrogen-bond acceptors (Lipinski definition) is 6. The monoisotopic (exact) mass is 251 g/mol. The smallest absolute Gasteiger partial charge is 0.228 e. The Morgan fingerprint density at radius 3 is 2.61 bits per heavy atom. The van der Waals surface area contributed by atoms with Crippen LogP contribution in [0, 0.1) is 17.3 Å². The molecule has 0 bridgehead atoms. The third-order valence-corrected chi connectivity index (χ3v) is 4.39. The molecule has 2 aliphatic rings. The summed E-state index contributed by atoms with van der Waals surface area (Å²) in [5.74, 6) is 1.91. The van der Waals surface area contributed by atoms with Crippen molar-refractivity contribution in [2.75, 3.05) is 38.3 Å². The van der Waals surface area contributed by atoms with Crippen molar-refractivity contribution >= 4 is 5.95 Å². The summed E-state index contributed by atoms with van der Waals surface area (Å²) in [5, 5.41) is 18.7. The Bertz CT molecular complexity index is 436. The SMILES string of the molecule is COc1ccnc(N2CC3C(C2)C3(CO)CO)n1. The summed E-state index contributed by atoms with van der Waals surface area (Å²) in [4.78, 5) is 10.6. The molecule has 1 saturated carbocycles. The average Bonchev–Trinajstić information content (AvgIpc) is 2.81. The standard InChI is InChI=1S/C12H17N3O3/c1-18-10-2-3-13-11(14-10)15-4-8-9(5-15)12(8,6-16)7-17/h2-3,8-9,16-17H,4-7H2,1H3. The van der Waals surface area contributed by atoms with Crippen LogP contribution in [-0.2, 0) is 0 Å². The molecule has 6 nitrogen and oxygen atoms in total. The molecule has 6 heteroatoms. The molecule has 0 amide bonds. The van der Waals surface area contributed by atoms with E-state index < -0.39 is 0 Å². The predicted octanol–water partition coefficient (Wildman–Crippen LogP) is -0.478. The zero-order chi connectivity index (χ0) is 12.8. The molecule has 1 aliphatic heterocycles. The number of anilines is 1. The first-order valence-electron chi connectivity index (χ1n) is 6.09. The van der Waals surface area contributed by atoms with E-state index in [0.29, 0.717) is 23.7 Å². The first-order valence-corrected chi connectivity index (χ1v) is 6.09. The highest BCUT2D eigenvalue weighted by molar-refractivity contribution is 5.38. The molecule has 2 heterocycles. The quantitative estimate of drug-likeness (QED) is 0.752. The fraction of sp³-hybridized carbons (Fsp3) is 0.667. The fourth-order valence-electron chi connectivity index (χ4n) is 3.12. The van der Waals surface area contributed by atoms with Crippen LogP contribution in [0.25, 0.3) is 0 Å². The summed E-state index contributed by atoms with van der Waals surface area (Å²) in [6.45, 7) is 1.70. The number of aliphatic hydroxyl groups excluding tert-OH is 2. The molecule has 0 radical (unpaired) electrons. The van der Waals surface area contributed by atoms with Gasteiger partial charge in [0, 0.05) is 30.8 Å². The van der Waals surface area contributed by atoms with Gasteiger partial charge in [0.2, 0.25) is 11.8 Å². The Labute approximate surface area is 105 Å². The molecule has 1 aliphatic carbocycles. The molecule has 18 heavy (non-hydrogen) atoms. The van der Waals surface area contributed by atoms with E-state index in [1.54, 1.807) is 19.4 Å². The number of ether oxygens (including phenoxy) is 1. The van der Waals surface area contributed by atoms with Crippen molar-refractivity contribution in [3.05, 3.63) is 12.3 Å². The van der Waals surface area contributed by atoms with Gasteiger partial charge in [-0.3, -0.25) is 0 Å². The van der Waals surface area contributed by atoms with Crippen molar-refractivity contribution in [1.82, 2.24) is 9.97 Å². The lowest BCUT2D eigenvalue weighted by molar-refractivity contribution is 0.109. The summed E-state index contributed by atoms with van der Waals surface area (Å²) >= 11 is 0. The summed E-state index contributed by atoms with van der Waals surface area (Å²) in [6.07, 6.45) is 1.68. The van der Waals surface area contributed by atoms with Crippen LogP contribution in [0.3, 0.4) is 0 Å². The summed E-state index contributed by atoms with van der Waals surface area (Å²) < 4.78 is 5.08. The number of fused-ring (bicyclic) bond motifs is 1. The number of hydrogen-bond donors (Lipinski definition) is 2. The Hall–Kier alpha value is -1.40. The number of aliphatic hydroxyl groups is 2. The van der Waals surface area contributed by atoms with E-state index in [1.807, 2.05) is 0 Å². The molecule has 98 valence electrons. The van der Waals surface area contributed by atoms with Crippen molar-refractivity contribution in [2.45, 2.75) is 0 Å². The van der Waals surface area contributed by atoms with E-state index in [1.165, 1.54) is 0 Å². The van der Waals surface area contributed by atoms with Crippen LogP contribution in [0.5, 0.6) is 5.88 Å². The minimum Gasteiger partial charge on any atom is -0.481 e. The Morgan fingerprint density at radius 1 is 1.39 bits per heavy atom. The Balaban J connectivity index is 1.72. The molecule has 2 atom stereocenters. The lowest BCUT2D eigenvalue weighted by atomic mass is 10.0. The second-order valence-electron chi connectivity index (χ2n) is 5.07. The fourth-order valence-corrected chi connectivity index (χ4v) is 3.12. The normalized spacial score (nSPS) is 28.1. The Kier molecular flexibility index (Phi) is 2.64. The molecule has 2 N–H and O–H groups in total. The van der Waals surface area contributed by atoms with Gasteiger partial charge in [0.15, 0.2) is 0 Å². The van der Waals surface area contributed by atoms with Gasteiger partial charge in [0.05, 0.1) is 20.3 Å². The summed E-state index contributed by atoms with van der Waals surface area (Å²) in [7, 11) is 1.58. The van der Waals surface area contributed by atoms with Crippen LogP contribution in [0.4, 0.5) is 5.95 Å². The number of rotatable bonds is 4. The van der Waals surface area contributed by atoms with Crippen LogP contribution >= 0.6 is 0 Å². The zero-order valence-electron chi connectivity index (χ0n) is 10.3. The van der Waals surface area contributed by atoms with Gasteiger partial charge in [-0.05, 0) is 11.8 Å². The lowest BCUT2D eigenvalue weighted by Gasteiger charge is -2.24. The van der Waals surface area contributed by atoms with Crippen LogP contribution < -0.4 is 9.64 Å². The highest BCUT2D eigenvalue weighted by atomic mass is 16.5. The van der Waals surface area contributed by atoms with Gasteiger partial charge in [0.25, 0.3) is 0 Å². The summed E-state index contributed by atoms with van der Waals surface area (Å²) in [5.41, 5.74) is -0.268. The maximum absolute atomic E-state index is 9.37. The van der Waals surface area contributed by atoms with Crippen molar-refractivity contribution in [3.8, 4) is 5.88 Å². The molecular weight excluding hydrogens is 234 g/mol. The minimum atomic E-state index is -0.268. The van der Waals surface area contributed by atoms with E-state index in [9.17, 15) is 10.2 Å². The maximum atomic E-state index is 9.37. The molecule has 1 aromatic heterocycles. The van der Waals surface area contributed by atoms with Gasteiger partial charge >= 0.3 is 0 Å². The molecule has 2 fully saturated rings. The molecule has 3 rings (SSSR count). The average molecular weight is 251 g/mol. The van der Waals surface area contributed by atoms with Crippen molar-refractivity contribution in [3.63, 3.8) is 0 Å². The minimum absolute atomic E-state index is 0.0612. The predicted molar refractivity (Wildman–Crippen MR) is 64.4 cm³/mol. The summed E-state index contributed by atoms with van der Waals surface area (Å²) in [6, 6.07) is 1.71. The number of nitrogens with zero attached hydrogens (tertiary/aromatic N) is 3. The number of piperidine rings is 1. The first kappa shape index (κ1) is 11.7. The van der Waals surface area contributed by atoms with E-state index in [2.05, 4.69) is 14.9 Å². The van der Waals surface area contributed by atoms with Crippen molar-refractivity contribution in [1.29, 1.82) is 0 Å². The maximum Gasteiger partial charge on any atom is 0.228 e. The lowest BCUT2D eigenvalue weighted by Crippen LogP contribution is -2.32. The van der Waals surface area contributed by atoms with Gasteiger partial charge in [-0.2, -0.15) is 4.98 Å². The first-order chi connectivity index (χ1) is 8.75. The van der Waals surface area contributed by atoms with Gasteiger partial charge in [0.1, 0.15) is 0 Å². The van der Waals surface area contributed by atoms with E-state index in [4.69, 9.17) is 4.74 Å². The Morgan fingerprint density at radius 2 is 2.06 bits per heavy atom. The van der Waals surface area contributed by atoms with Gasteiger partial charge in [-0.1, -0.05) is 0 Å². The van der Waals surface area contributed by atoms with Gasteiger partial charge in [-0.25, -0.2) is 4.98 Å². The second-order valence-corrected chi connectivity index (χ2v) is 5.07. The van der Waals surface area contributed by atoms with Crippen molar-refractivity contribution in [2.24, 2.45) is 17.3 Å². The third kappa shape index (κ3) is 1.49. The second kappa shape index (κ2) is 4.07. The highest BCUT2D eigenvalue weighted by Gasteiger charge is 2.67. The third-order valence-electron chi connectivity index (χ3n) is 4.39. The molecule has 0 aromatic carbocycles. The molecule has 1 aromatic rings. The molecule has 0 spiro atoms. The highest BCUT2D eigenvalue weighted by Crippen LogP contribution is 2.62.